The van der Waals surface area contributed by atoms with Gasteiger partial charge < -0.3 is 0 Å². The molecule has 0 bridgehead atoms. The van der Waals surface area contributed by atoms with E-state index in [0.29, 0.717) is 0 Å². The van der Waals surface area contributed by atoms with Crippen LogP contribution in [0.2, 0.25) is 11.3 Å². The predicted octanol–water partition coefficient (Wildman–Crippen LogP) is 3.92. The number of hydrogen-bond acceptors (Lipinski definition) is 0. The van der Waals surface area contributed by atoms with E-state index in [9.17, 15) is 0 Å². The first-order valence-corrected chi connectivity index (χ1v) is 14.3. The molecule has 0 saturated carbocycles. The summed E-state index contributed by atoms with van der Waals surface area (Å²) in [6.45, 7) is -0.678. The van der Waals surface area contributed by atoms with Gasteiger partial charge in [-0.2, -0.15) is 0 Å². The Morgan fingerprint density at radius 2 is 1.27 bits per heavy atom. The largest absolute Gasteiger partial charge is 0.276 e. The summed E-state index contributed by atoms with van der Waals surface area (Å²) in [4.78, 5) is -0.229. The van der Waals surface area contributed by atoms with E-state index in [0.717, 1.165) is 0 Å². The summed E-state index contributed by atoms with van der Waals surface area (Å²) < 4.78 is 0. The summed E-state index contributed by atoms with van der Waals surface area (Å²) in [6, 6.07) is 0. The van der Waals surface area contributed by atoms with Crippen LogP contribution in [0.5, 0.6) is 0 Å². The second-order valence-corrected chi connectivity index (χ2v) is 19.8. The highest BCUT2D eigenvalue weighted by molar-refractivity contribution is 7.60. The van der Waals surface area contributed by atoms with Gasteiger partial charge in [-0.05, 0) is 6.55 Å². The Bertz CT molecular complexity index is 111. The SMILES string of the molecule is C[Si](Cl)(Cl)C([Si](Cl)Cl)[Si](Cl)Cl. The average Bonchev–Trinajstić information content (AvgIpc) is 1.54. The van der Waals surface area contributed by atoms with Crippen LogP contribution in [0.3, 0.4) is 0 Å². The first-order chi connectivity index (χ1) is 4.76. The topological polar surface area (TPSA) is 0 Å². The molecule has 0 unspecified atom stereocenters. The van der Waals surface area contributed by atoms with Crippen LogP contribution in [-0.4, -0.2) is 21.5 Å². The van der Waals surface area contributed by atoms with E-state index in [-0.39, 0.29) is 4.79 Å². The molecular formula is C2H4Cl6Si3. The highest BCUT2D eigenvalue weighted by atomic mass is 35.7. The summed E-state index contributed by atoms with van der Waals surface area (Å²) >= 11 is 34.7. The maximum atomic E-state index is 5.91. The standard InChI is InChI=1S/C2H4Cl6Si3/c1-11(7,8)2(9(3)4)10(5)6/h2H,1H3. The van der Waals surface area contributed by atoms with Crippen LogP contribution in [0.4, 0.5) is 0 Å². The Hall–Kier alpha value is 2.39. The molecule has 66 valence electrons. The lowest BCUT2D eigenvalue weighted by Crippen LogP contribution is -2.36. The van der Waals surface area contributed by atoms with Crippen molar-refractivity contribution in [3.63, 3.8) is 0 Å². The second-order valence-electron chi connectivity index (χ2n) is 1.97. The summed E-state index contributed by atoms with van der Waals surface area (Å²) in [5, 5.41) is 0. The van der Waals surface area contributed by atoms with Crippen LogP contribution in [0, 0.1) is 0 Å². The van der Waals surface area contributed by atoms with Gasteiger partial charge in [0.25, 0.3) is 21.5 Å². The monoisotopic (exact) mass is 322 g/mol. The van der Waals surface area contributed by atoms with Crippen molar-refractivity contribution in [1.29, 1.82) is 0 Å². The Morgan fingerprint density at radius 3 is 1.27 bits per heavy atom. The van der Waals surface area contributed by atoms with Crippen LogP contribution in [0.15, 0.2) is 0 Å². The van der Waals surface area contributed by atoms with Gasteiger partial charge in [-0.1, -0.05) is 0 Å². The maximum absolute atomic E-state index is 5.91. The van der Waals surface area contributed by atoms with Crippen LogP contribution in [-0.2, 0) is 0 Å². The maximum Gasteiger partial charge on any atom is 0.276 e. The Labute approximate surface area is 98.5 Å². The first-order valence-electron chi connectivity index (χ1n) is 2.50. The van der Waals surface area contributed by atoms with Gasteiger partial charge in [0.05, 0.1) is 0 Å². The minimum atomic E-state index is -2.41. The quantitative estimate of drug-likeness (QED) is 0.545. The normalized spacial score (nSPS) is 13.6. The molecule has 0 fully saturated rings. The minimum absolute atomic E-state index is 0.229. The molecule has 0 aromatic rings. The number of hydrogen-bond donors (Lipinski definition) is 0. The molecule has 0 aliphatic rings. The molecule has 0 aliphatic heterocycles. The molecular weight excluding hydrogens is 321 g/mol. The summed E-state index contributed by atoms with van der Waals surface area (Å²) in [5.41, 5.74) is 0. The van der Waals surface area contributed by atoms with Crippen molar-refractivity contribution in [3.8, 4) is 0 Å². The van der Waals surface area contributed by atoms with Gasteiger partial charge in [-0.15, -0.1) is 66.5 Å². The van der Waals surface area contributed by atoms with Crippen molar-refractivity contribution in [2.24, 2.45) is 0 Å². The van der Waals surface area contributed by atoms with E-state index < -0.39 is 21.5 Å². The van der Waals surface area contributed by atoms with E-state index in [2.05, 4.69) is 0 Å². The lowest BCUT2D eigenvalue weighted by atomic mass is 11.8. The molecule has 0 N–H and O–H groups in total. The highest BCUT2D eigenvalue weighted by Gasteiger charge is 2.45. The van der Waals surface area contributed by atoms with Gasteiger partial charge in [0, 0.05) is 4.79 Å². The Morgan fingerprint density at radius 1 is 1.00 bits per heavy atom. The lowest BCUT2D eigenvalue weighted by molar-refractivity contribution is 1.73. The molecule has 11 heavy (non-hydrogen) atoms. The molecule has 0 atom stereocenters. The molecule has 0 saturated heterocycles. The van der Waals surface area contributed by atoms with E-state index in [1.165, 1.54) is 0 Å². The van der Waals surface area contributed by atoms with Gasteiger partial charge in [-0.3, -0.25) is 0 Å². The van der Waals surface area contributed by atoms with Crippen molar-refractivity contribution in [1.82, 2.24) is 0 Å². The third-order valence-electron chi connectivity index (χ3n) is 0.943. The van der Waals surface area contributed by atoms with Crippen molar-refractivity contribution >= 4 is 88.0 Å². The smallest absolute Gasteiger partial charge is 0.147 e. The molecule has 2 radical (unpaired) electrons. The van der Waals surface area contributed by atoms with Gasteiger partial charge in [-0.25, -0.2) is 0 Å². The molecule has 9 heteroatoms. The first kappa shape index (κ1) is 13.4. The van der Waals surface area contributed by atoms with E-state index in [1.807, 2.05) is 0 Å². The molecule has 0 aromatic carbocycles. The van der Waals surface area contributed by atoms with Crippen molar-refractivity contribution in [3.05, 3.63) is 0 Å². The average molecular weight is 325 g/mol. The fourth-order valence-electron chi connectivity index (χ4n) is 0.466. The molecule has 0 heterocycles. The van der Waals surface area contributed by atoms with Crippen molar-refractivity contribution in [2.75, 3.05) is 0 Å². The zero-order valence-corrected chi connectivity index (χ0v) is 12.9. The summed E-state index contributed by atoms with van der Waals surface area (Å²) in [6.07, 6.45) is 0. The Balaban J connectivity index is 4.35. The van der Waals surface area contributed by atoms with E-state index >= 15 is 0 Å². The summed E-state index contributed by atoms with van der Waals surface area (Å²) in [7, 11) is -3.21. The molecule has 0 nitrogen and oxygen atoms in total. The van der Waals surface area contributed by atoms with E-state index in [1.54, 1.807) is 6.55 Å². The van der Waals surface area contributed by atoms with Crippen LogP contribution in [0.1, 0.15) is 0 Å². The van der Waals surface area contributed by atoms with Crippen molar-refractivity contribution < 1.29 is 0 Å². The molecule has 0 rings (SSSR count). The molecule has 0 aromatic heterocycles. The zero-order chi connectivity index (χ0) is 9.23. The predicted molar refractivity (Wildman–Crippen MR) is 62.0 cm³/mol. The van der Waals surface area contributed by atoms with Gasteiger partial charge in [0.15, 0.2) is 0 Å². The fraction of sp³-hybridized carbons (Fsp3) is 1.00. The fourth-order valence-corrected chi connectivity index (χ4v) is 25.9. The second kappa shape index (κ2) is 5.32. The Kier molecular flexibility index (Phi) is 6.47. The highest BCUT2D eigenvalue weighted by Crippen LogP contribution is 2.39. The summed E-state index contributed by atoms with van der Waals surface area (Å²) in [5.74, 6) is 0. The number of halogens is 6. The van der Waals surface area contributed by atoms with E-state index in [4.69, 9.17) is 66.5 Å². The van der Waals surface area contributed by atoms with Gasteiger partial charge in [0.2, 0.25) is 0 Å². The lowest BCUT2D eigenvalue weighted by Gasteiger charge is -2.22. The third-order valence-corrected chi connectivity index (χ3v) is 20.3. The van der Waals surface area contributed by atoms with Crippen molar-refractivity contribution in [2.45, 2.75) is 11.3 Å². The minimum Gasteiger partial charge on any atom is -0.147 e. The van der Waals surface area contributed by atoms with Crippen LogP contribution >= 0.6 is 66.5 Å². The third kappa shape index (κ3) is 4.98. The molecule has 0 spiro atoms. The van der Waals surface area contributed by atoms with Crippen LogP contribution in [0.25, 0.3) is 0 Å². The van der Waals surface area contributed by atoms with Crippen LogP contribution < -0.4 is 0 Å². The molecule has 0 amide bonds. The van der Waals surface area contributed by atoms with Gasteiger partial charge in [0.1, 0.15) is 0 Å². The molecule has 0 aliphatic carbocycles. The number of rotatable bonds is 3. The zero-order valence-electron chi connectivity index (χ0n) is 5.35. The van der Waals surface area contributed by atoms with Gasteiger partial charge >= 0.3 is 0 Å².